The van der Waals surface area contributed by atoms with Crippen molar-refractivity contribution in [2.45, 2.75) is 46.7 Å². The first-order chi connectivity index (χ1) is 11.8. The van der Waals surface area contributed by atoms with Crippen molar-refractivity contribution < 1.29 is 9.59 Å². The van der Waals surface area contributed by atoms with Crippen molar-refractivity contribution in [3.8, 4) is 0 Å². The van der Waals surface area contributed by atoms with Crippen LogP contribution in [0.5, 0.6) is 0 Å². The van der Waals surface area contributed by atoms with E-state index in [0.29, 0.717) is 26.2 Å². The van der Waals surface area contributed by atoms with Crippen molar-refractivity contribution in [2.24, 2.45) is 0 Å². The van der Waals surface area contributed by atoms with Gasteiger partial charge in [-0.05, 0) is 57.9 Å². The number of nitrogens with zero attached hydrogens (tertiary/aromatic N) is 2. The van der Waals surface area contributed by atoms with Gasteiger partial charge in [-0.25, -0.2) is 4.79 Å². The van der Waals surface area contributed by atoms with Crippen LogP contribution in [0.1, 0.15) is 31.9 Å². The van der Waals surface area contributed by atoms with E-state index in [1.54, 1.807) is 4.90 Å². The largest absolute Gasteiger partial charge is 0.353 e. The van der Waals surface area contributed by atoms with E-state index < -0.39 is 0 Å². The van der Waals surface area contributed by atoms with Crippen LogP contribution in [0, 0.1) is 13.8 Å². The minimum atomic E-state index is -0.174. The molecule has 25 heavy (non-hydrogen) atoms. The molecule has 3 amide bonds. The monoisotopic (exact) mass is 346 g/mol. The average Bonchev–Trinajstić information content (AvgIpc) is 2.57. The van der Waals surface area contributed by atoms with Gasteiger partial charge in [-0.2, -0.15) is 0 Å². The van der Waals surface area contributed by atoms with Gasteiger partial charge in [0.05, 0.1) is 6.04 Å². The lowest BCUT2D eigenvalue weighted by molar-refractivity contribution is -0.126. The highest BCUT2D eigenvalue weighted by molar-refractivity contribution is 5.89. The molecule has 0 unspecified atom stereocenters. The predicted molar refractivity (Wildman–Crippen MR) is 101 cm³/mol. The number of amides is 3. The smallest absolute Gasteiger partial charge is 0.321 e. The lowest BCUT2D eigenvalue weighted by Crippen LogP contribution is -2.56. The van der Waals surface area contributed by atoms with Crippen molar-refractivity contribution >= 4 is 17.6 Å². The minimum absolute atomic E-state index is 0.0445. The molecule has 1 heterocycles. The maximum absolute atomic E-state index is 12.4. The molecular formula is C19H30N4O2. The normalized spacial score (nSPS) is 16.6. The fourth-order valence-corrected chi connectivity index (χ4v) is 2.90. The zero-order valence-electron chi connectivity index (χ0n) is 15.9. The fraction of sp³-hybridized carbons (Fsp3) is 0.579. The molecule has 0 radical (unpaired) electrons. The second-order valence-electron chi connectivity index (χ2n) is 7.09. The van der Waals surface area contributed by atoms with E-state index in [-0.39, 0.29) is 24.0 Å². The average molecular weight is 346 g/mol. The molecule has 1 fully saturated rings. The Kier molecular flexibility index (Phi) is 6.42. The molecule has 1 atom stereocenters. The van der Waals surface area contributed by atoms with Crippen molar-refractivity contribution in [3.05, 3.63) is 29.3 Å². The molecule has 0 aliphatic carbocycles. The lowest BCUT2D eigenvalue weighted by atomic mass is 10.1. The number of anilines is 1. The molecule has 1 aromatic rings. The summed E-state index contributed by atoms with van der Waals surface area (Å²) in [5.74, 6) is 0.0445. The Morgan fingerprint density at radius 3 is 2.20 bits per heavy atom. The van der Waals surface area contributed by atoms with Gasteiger partial charge in [0, 0.05) is 37.9 Å². The molecule has 2 rings (SSSR count). The maximum atomic E-state index is 12.4. The molecule has 1 aliphatic heterocycles. The van der Waals surface area contributed by atoms with Crippen LogP contribution in [0.4, 0.5) is 10.5 Å². The van der Waals surface area contributed by atoms with E-state index in [2.05, 4.69) is 22.5 Å². The third kappa shape index (κ3) is 5.19. The first-order valence-corrected chi connectivity index (χ1v) is 8.95. The van der Waals surface area contributed by atoms with Crippen LogP contribution in [0.25, 0.3) is 0 Å². The topological polar surface area (TPSA) is 64.7 Å². The summed E-state index contributed by atoms with van der Waals surface area (Å²) < 4.78 is 0. The van der Waals surface area contributed by atoms with Crippen LogP contribution in [0.15, 0.2) is 18.2 Å². The number of nitrogens with one attached hydrogen (secondary N) is 2. The van der Waals surface area contributed by atoms with Gasteiger partial charge in [0.2, 0.25) is 5.91 Å². The molecule has 1 aliphatic rings. The molecule has 0 spiro atoms. The number of rotatable bonds is 4. The second kappa shape index (κ2) is 8.34. The van der Waals surface area contributed by atoms with E-state index in [0.717, 1.165) is 11.3 Å². The van der Waals surface area contributed by atoms with Crippen molar-refractivity contribution in [3.63, 3.8) is 0 Å². The number of carbonyl (C=O) groups is 2. The number of benzene rings is 1. The summed E-state index contributed by atoms with van der Waals surface area (Å²) in [5, 5.41) is 5.90. The summed E-state index contributed by atoms with van der Waals surface area (Å²) in [6.45, 7) is 12.6. The Labute approximate surface area is 150 Å². The summed E-state index contributed by atoms with van der Waals surface area (Å²) in [6.07, 6.45) is 0. The van der Waals surface area contributed by atoms with Crippen LogP contribution in [0.3, 0.4) is 0 Å². The van der Waals surface area contributed by atoms with Gasteiger partial charge in [-0.15, -0.1) is 0 Å². The highest BCUT2D eigenvalue weighted by Crippen LogP contribution is 2.15. The fourth-order valence-electron chi connectivity index (χ4n) is 2.90. The van der Waals surface area contributed by atoms with E-state index in [4.69, 9.17) is 0 Å². The van der Waals surface area contributed by atoms with E-state index in [1.165, 1.54) is 5.56 Å². The zero-order valence-corrected chi connectivity index (χ0v) is 15.9. The quantitative estimate of drug-likeness (QED) is 0.880. The van der Waals surface area contributed by atoms with E-state index >= 15 is 0 Å². The standard InChI is InChI=1S/C19H30N4O2/c1-13(2)20-18(24)16(5)22-8-10-23(11-9-22)19(25)21-17-7-6-14(3)15(4)12-17/h6-7,12-13,16H,8-11H2,1-5H3,(H,20,24)(H,21,25)/t16-/m1/s1. The first kappa shape index (κ1) is 19.2. The Morgan fingerprint density at radius 1 is 1.00 bits per heavy atom. The van der Waals surface area contributed by atoms with Crippen LogP contribution in [-0.4, -0.2) is 60.0 Å². The summed E-state index contributed by atoms with van der Waals surface area (Å²) >= 11 is 0. The number of aryl methyl sites for hydroxylation is 2. The number of hydrogen-bond donors (Lipinski definition) is 2. The minimum Gasteiger partial charge on any atom is -0.353 e. The maximum Gasteiger partial charge on any atom is 0.321 e. The summed E-state index contributed by atoms with van der Waals surface area (Å²) in [7, 11) is 0. The Morgan fingerprint density at radius 2 is 1.64 bits per heavy atom. The summed E-state index contributed by atoms with van der Waals surface area (Å²) in [4.78, 5) is 28.5. The van der Waals surface area contributed by atoms with Gasteiger partial charge >= 0.3 is 6.03 Å². The predicted octanol–water partition coefficient (Wildman–Crippen LogP) is 2.37. The first-order valence-electron chi connectivity index (χ1n) is 8.95. The highest BCUT2D eigenvalue weighted by atomic mass is 16.2. The molecule has 0 aromatic heterocycles. The SMILES string of the molecule is Cc1ccc(NC(=O)N2CCN([C@H](C)C(=O)NC(C)C)CC2)cc1C. The molecule has 1 aromatic carbocycles. The summed E-state index contributed by atoms with van der Waals surface area (Å²) in [6, 6.07) is 5.81. The van der Waals surface area contributed by atoms with Crippen molar-refractivity contribution in [1.82, 2.24) is 15.1 Å². The molecule has 6 heteroatoms. The van der Waals surface area contributed by atoms with Gasteiger partial charge in [0.25, 0.3) is 0 Å². The number of piperazine rings is 1. The molecule has 138 valence electrons. The third-order valence-electron chi connectivity index (χ3n) is 4.72. The van der Waals surface area contributed by atoms with Gasteiger partial charge in [-0.1, -0.05) is 6.07 Å². The van der Waals surface area contributed by atoms with Crippen molar-refractivity contribution in [2.75, 3.05) is 31.5 Å². The second-order valence-corrected chi connectivity index (χ2v) is 7.09. The Bertz CT molecular complexity index is 622. The van der Waals surface area contributed by atoms with Gasteiger partial charge in [0.15, 0.2) is 0 Å². The highest BCUT2D eigenvalue weighted by Gasteiger charge is 2.27. The third-order valence-corrected chi connectivity index (χ3v) is 4.72. The summed E-state index contributed by atoms with van der Waals surface area (Å²) in [5.41, 5.74) is 3.19. The van der Waals surface area contributed by atoms with E-state index in [9.17, 15) is 9.59 Å². The molecule has 6 nitrogen and oxygen atoms in total. The van der Waals surface area contributed by atoms with Gasteiger partial charge in [0.1, 0.15) is 0 Å². The number of urea groups is 1. The van der Waals surface area contributed by atoms with Gasteiger partial charge < -0.3 is 15.5 Å². The zero-order chi connectivity index (χ0) is 18.6. The van der Waals surface area contributed by atoms with Crippen LogP contribution in [-0.2, 0) is 4.79 Å². The Hall–Kier alpha value is -2.08. The Balaban J connectivity index is 1.85. The van der Waals surface area contributed by atoms with Crippen molar-refractivity contribution in [1.29, 1.82) is 0 Å². The van der Waals surface area contributed by atoms with Crippen LogP contribution in [0.2, 0.25) is 0 Å². The van der Waals surface area contributed by atoms with Crippen LogP contribution >= 0.6 is 0 Å². The number of carbonyl (C=O) groups excluding carboxylic acids is 2. The van der Waals surface area contributed by atoms with Crippen LogP contribution < -0.4 is 10.6 Å². The molecule has 1 saturated heterocycles. The van der Waals surface area contributed by atoms with E-state index in [1.807, 2.05) is 45.9 Å². The molecule has 0 saturated carbocycles. The molecular weight excluding hydrogens is 316 g/mol. The molecule has 0 bridgehead atoms. The lowest BCUT2D eigenvalue weighted by Gasteiger charge is -2.37. The number of hydrogen-bond acceptors (Lipinski definition) is 3. The molecule has 2 N–H and O–H groups in total. The van der Waals surface area contributed by atoms with Gasteiger partial charge in [-0.3, -0.25) is 9.69 Å².